The van der Waals surface area contributed by atoms with Crippen LogP contribution < -0.4 is 11.1 Å². The minimum absolute atomic E-state index is 0. The van der Waals surface area contributed by atoms with Crippen LogP contribution in [-0.4, -0.2) is 59.2 Å². The molecule has 5 amide bonds. The van der Waals surface area contributed by atoms with Crippen LogP contribution in [0.5, 0.6) is 0 Å². The summed E-state index contributed by atoms with van der Waals surface area (Å²) in [4.78, 5) is 48.7. The highest BCUT2D eigenvalue weighted by Crippen LogP contribution is 2.39. The first-order valence-corrected chi connectivity index (χ1v) is 8.07. The molecule has 3 fully saturated rings. The molecule has 2 unspecified atom stereocenters. The van der Waals surface area contributed by atoms with Crippen LogP contribution in [0, 0.1) is 11.8 Å². The van der Waals surface area contributed by atoms with E-state index in [1.807, 2.05) is 0 Å². The smallest absolute Gasteiger partial charge is 0.334 e. The fourth-order valence-corrected chi connectivity index (χ4v) is 4.15. The van der Waals surface area contributed by atoms with Crippen molar-refractivity contribution >= 4 is 36.2 Å². The Kier molecular flexibility index (Phi) is 5.49. The van der Waals surface area contributed by atoms with Gasteiger partial charge in [-0.25, -0.2) is 9.69 Å². The molecule has 0 aromatic rings. The van der Waals surface area contributed by atoms with E-state index in [0.717, 1.165) is 37.0 Å². The zero-order chi connectivity index (χ0) is 16.7. The molecule has 0 radical (unpaired) electrons. The number of nitrogens with zero attached hydrogens (tertiary/aromatic N) is 2. The summed E-state index contributed by atoms with van der Waals surface area (Å²) >= 11 is 0. The Hall–Kier alpha value is -1.67. The van der Waals surface area contributed by atoms with Gasteiger partial charge in [0.1, 0.15) is 6.54 Å². The van der Waals surface area contributed by atoms with Gasteiger partial charge in [-0.15, -0.1) is 12.4 Å². The number of hydrogen-bond acceptors (Lipinski definition) is 5. The van der Waals surface area contributed by atoms with Gasteiger partial charge in [0, 0.05) is 19.1 Å². The fourth-order valence-electron chi connectivity index (χ4n) is 4.15. The molecule has 1 saturated heterocycles. The number of nitrogens with one attached hydrogen (secondary N) is 1. The number of nitrogens with two attached hydrogens (primary N) is 1. The lowest BCUT2D eigenvalue weighted by Gasteiger charge is -2.45. The van der Waals surface area contributed by atoms with E-state index in [-0.39, 0.29) is 24.5 Å². The lowest BCUT2D eigenvalue weighted by molar-refractivity contribution is -0.143. The van der Waals surface area contributed by atoms with E-state index in [9.17, 15) is 19.2 Å². The first kappa shape index (κ1) is 18.7. The zero-order valence-corrected chi connectivity index (χ0v) is 14.4. The van der Waals surface area contributed by atoms with Gasteiger partial charge in [0.15, 0.2) is 0 Å². The van der Waals surface area contributed by atoms with Gasteiger partial charge in [0.2, 0.25) is 5.91 Å². The lowest BCUT2D eigenvalue weighted by atomic mass is 9.67. The number of likely N-dealkylation sites (N-methyl/N-ethyl adjacent to an activating group) is 1. The summed E-state index contributed by atoms with van der Waals surface area (Å²) in [6.45, 7) is -0.407. The molecule has 2 saturated carbocycles. The highest BCUT2D eigenvalue weighted by molar-refractivity contribution is 6.44. The number of rotatable bonds is 3. The largest absolute Gasteiger partial charge is 0.351 e. The quantitative estimate of drug-likeness (QED) is 0.538. The Morgan fingerprint density at radius 1 is 1.17 bits per heavy atom. The predicted octanol–water partition coefficient (Wildman–Crippen LogP) is -0.149. The molecule has 0 aromatic heterocycles. The second kappa shape index (κ2) is 7.06. The molecule has 3 rings (SSSR count). The highest BCUT2D eigenvalue weighted by atomic mass is 35.5. The summed E-state index contributed by atoms with van der Waals surface area (Å²) in [5, 5.41) is 2.97. The Labute approximate surface area is 146 Å². The van der Waals surface area contributed by atoms with Crippen LogP contribution in [-0.2, 0) is 14.4 Å². The van der Waals surface area contributed by atoms with Crippen LogP contribution in [0.2, 0.25) is 0 Å². The van der Waals surface area contributed by atoms with E-state index >= 15 is 0 Å². The number of hydrogen-bond donors (Lipinski definition) is 2. The third-order valence-electron chi connectivity index (χ3n) is 5.26. The molecule has 1 aliphatic heterocycles. The minimum atomic E-state index is -0.946. The van der Waals surface area contributed by atoms with Crippen LogP contribution in [0.3, 0.4) is 0 Å². The third kappa shape index (κ3) is 3.25. The van der Waals surface area contributed by atoms with Gasteiger partial charge in [0.05, 0.1) is 0 Å². The van der Waals surface area contributed by atoms with Crippen molar-refractivity contribution in [3.63, 3.8) is 0 Å². The lowest BCUT2D eigenvalue weighted by Crippen LogP contribution is -2.55. The van der Waals surface area contributed by atoms with Crippen molar-refractivity contribution in [2.75, 3.05) is 13.6 Å². The second-order valence-electron chi connectivity index (χ2n) is 6.81. The fraction of sp³-hybridized carbons (Fsp3) is 0.733. The van der Waals surface area contributed by atoms with Gasteiger partial charge in [-0.2, -0.15) is 0 Å². The van der Waals surface area contributed by atoms with Gasteiger partial charge in [-0.3, -0.25) is 19.3 Å². The number of fused-ring (bicyclic) bond motifs is 2. The maximum Gasteiger partial charge on any atom is 0.334 e. The second-order valence-corrected chi connectivity index (χ2v) is 6.81. The molecule has 2 bridgehead atoms. The molecule has 9 heteroatoms. The maximum absolute atomic E-state index is 12.3. The molecule has 0 aromatic carbocycles. The van der Waals surface area contributed by atoms with Crippen LogP contribution in [0.4, 0.5) is 4.79 Å². The van der Waals surface area contributed by atoms with Crippen LogP contribution in [0.15, 0.2) is 0 Å². The van der Waals surface area contributed by atoms with E-state index in [4.69, 9.17) is 5.73 Å². The molecule has 0 spiro atoms. The molecule has 134 valence electrons. The van der Waals surface area contributed by atoms with Crippen LogP contribution in [0.1, 0.15) is 32.1 Å². The molecule has 2 atom stereocenters. The molecule has 3 aliphatic rings. The molecule has 3 N–H and O–H groups in total. The average molecular weight is 359 g/mol. The highest BCUT2D eigenvalue weighted by Gasteiger charge is 2.44. The predicted molar refractivity (Wildman–Crippen MR) is 87.1 cm³/mol. The topological polar surface area (TPSA) is 113 Å². The molecular formula is C15H23ClN4O4. The monoisotopic (exact) mass is 358 g/mol. The number of halogens is 1. The molecular weight excluding hydrogens is 336 g/mol. The minimum Gasteiger partial charge on any atom is -0.351 e. The van der Waals surface area contributed by atoms with Crippen LogP contribution >= 0.6 is 12.4 Å². The van der Waals surface area contributed by atoms with Crippen molar-refractivity contribution in [3.05, 3.63) is 0 Å². The van der Waals surface area contributed by atoms with Gasteiger partial charge < -0.3 is 11.1 Å². The van der Waals surface area contributed by atoms with Crippen molar-refractivity contribution in [2.24, 2.45) is 17.6 Å². The van der Waals surface area contributed by atoms with Crippen molar-refractivity contribution in [2.45, 2.75) is 44.2 Å². The third-order valence-corrected chi connectivity index (χ3v) is 5.26. The maximum atomic E-state index is 12.3. The normalized spacial score (nSPS) is 32.7. The Morgan fingerprint density at radius 2 is 1.75 bits per heavy atom. The Balaban J connectivity index is 0.00000208. The summed E-state index contributed by atoms with van der Waals surface area (Å²) in [5.41, 5.74) is 6.06. The van der Waals surface area contributed by atoms with Crippen molar-refractivity contribution < 1.29 is 19.2 Å². The van der Waals surface area contributed by atoms with E-state index in [1.54, 1.807) is 0 Å². The summed E-state index contributed by atoms with van der Waals surface area (Å²) in [6, 6.07) is -0.509. The molecule has 1 heterocycles. The number of imide groups is 2. The Morgan fingerprint density at radius 3 is 2.25 bits per heavy atom. The molecule has 8 nitrogen and oxygen atoms in total. The van der Waals surface area contributed by atoms with E-state index in [1.165, 1.54) is 7.05 Å². The SMILES string of the molecule is CN1C(=O)C(=O)N(CC(=O)NC2C3CCCC2CC(N)C3)C1=O.Cl. The van der Waals surface area contributed by atoms with E-state index in [2.05, 4.69) is 5.32 Å². The van der Waals surface area contributed by atoms with E-state index in [0.29, 0.717) is 16.7 Å². The number of amides is 5. The summed E-state index contributed by atoms with van der Waals surface area (Å²) in [7, 11) is 1.23. The van der Waals surface area contributed by atoms with Gasteiger partial charge in [-0.1, -0.05) is 6.42 Å². The van der Waals surface area contributed by atoms with Gasteiger partial charge >= 0.3 is 17.8 Å². The van der Waals surface area contributed by atoms with Crippen molar-refractivity contribution in [1.82, 2.24) is 15.1 Å². The van der Waals surface area contributed by atoms with E-state index < -0.39 is 30.3 Å². The van der Waals surface area contributed by atoms with Gasteiger partial charge in [0.25, 0.3) is 0 Å². The number of urea groups is 1. The zero-order valence-electron chi connectivity index (χ0n) is 13.6. The Bertz CT molecular complexity index is 556. The standard InChI is InChI=1S/C15H22N4O4.ClH/c1-18-13(21)14(22)19(15(18)23)7-11(20)17-12-8-3-2-4-9(12)6-10(16)5-8;/h8-10,12H,2-7,16H2,1H3,(H,17,20);1H. The number of carbonyl (C=O) groups is 4. The van der Waals surface area contributed by atoms with Crippen molar-refractivity contribution in [1.29, 1.82) is 0 Å². The van der Waals surface area contributed by atoms with Crippen LogP contribution in [0.25, 0.3) is 0 Å². The average Bonchev–Trinajstić information content (AvgIpc) is 2.66. The summed E-state index contributed by atoms with van der Waals surface area (Å²) in [5.74, 6) is -1.53. The van der Waals surface area contributed by atoms with Gasteiger partial charge in [-0.05, 0) is 37.5 Å². The first-order valence-electron chi connectivity index (χ1n) is 8.07. The first-order chi connectivity index (χ1) is 10.9. The summed E-state index contributed by atoms with van der Waals surface area (Å²) in [6.07, 6.45) is 5.02. The molecule has 24 heavy (non-hydrogen) atoms. The number of carbonyl (C=O) groups excluding carboxylic acids is 4. The van der Waals surface area contributed by atoms with Crippen molar-refractivity contribution in [3.8, 4) is 0 Å². The summed E-state index contributed by atoms with van der Waals surface area (Å²) < 4.78 is 0. The molecule has 2 aliphatic carbocycles.